The Morgan fingerprint density at radius 2 is 1.75 bits per heavy atom. The van der Waals surface area contributed by atoms with E-state index in [2.05, 4.69) is 20.3 Å². The van der Waals surface area contributed by atoms with Gasteiger partial charge in [-0.25, -0.2) is 4.79 Å². The second kappa shape index (κ2) is 8.57. The number of carbonyl (C=O) groups excluding carboxylic acids is 1. The van der Waals surface area contributed by atoms with E-state index in [9.17, 15) is 9.00 Å². The maximum atomic E-state index is 12.2. The number of rotatable bonds is 6. The lowest BCUT2D eigenvalue weighted by molar-refractivity contribution is 0.0462. The quantitative estimate of drug-likeness (QED) is 0.609. The van der Waals surface area contributed by atoms with Crippen LogP contribution in [0, 0.1) is 6.92 Å². The number of ether oxygens (including phenoxy) is 1. The van der Waals surface area contributed by atoms with Crippen LogP contribution < -0.4 is 11.1 Å². The number of carbonyl (C=O) groups is 1. The van der Waals surface area contributed by atoms with Crippen molar-refractivity contribution in [3.05, 3.63) is 65.5 Å². The van der Waals surface area contributed by atoms with Gasteiger partial charge < -0.3 is 15.8 Å². The molecule has 0 fully saturated rings. The van der Waals surface area contributed by atoms with Crippen LogP contribution in [-0.4, -0.2) is 31.4 Å². The smallest absolute Gasteiger partial charge is 0.338 e. The molecule has 0 aliphatic rings. The van der Waals surface area contributed by atoms with E-state index in [4.69, 9.17) is 10.5 Å². The molecular weight excluding hydrogens is 378 g/mol. The van der Waals surface area contributed by atoms with Crippen molar-refractivity contribution in [3.8, 4) is 0 Å². The Morgan fingerprint density at radius 1 is 1.07 bits per heavy atom. The molecule has 0 spiro atoms. The molecule has 3 N–H and O–H groups in total. The van der Waals surface area contributed by atoms with Gasteiger partial charge in [0.05, 0.1) is 5.56 Å². The zero-order valence-corrected chi connectivity index (χ0v) is 16.2. The van der Waals surface area contributed by atoms with E-state index >= 15 is 0 Å². The van der Waals surface area contributed by atoms with Crippen molar-refractivity contribution < 1.29 is 13.7 Å². The van der Waals surface area contributed by atoms with Crippen molar-refractivity contribution in [1.29, 1.82) is 0 Å². The number of benzene rings is 2. The number of nitrogens with one attached hydrogen (secondary N) is 1. The highest BCUT2D eigenvalue weighted by atomic mass is 32.2. The Morgan fingerprint density at radius 3 is 2.39 bits per heavy atom. The van der Waals surface area contributed by atoms with Gasteiger partial charge in [0.15, 0.2) is 12.4 Å². The number of nitrogens with zero attached hydrogens (tertiary/aromatic N) is 3. The molecule has 0 saturated heterocycles. The lowest BCUT2D eigenvalue weighted by Gasteiger charge is -2.08. The first-order valence-corrected chi connectivity index (χ1v) is 9.91. The number of nitrogen functional groups attached to an aromatic ring is 1. The van der Waals surface area contributed by atoms with Crippen LogP contribution in [0.15, 0.2) is 53.4 Å². The van der Waals surface area contributed by atoms with Crippen LogP contribution in [0.1, 0.15) is 21.7 Å². The summed E-state index contributed by atoms with van der Waals surface area (Å²) in [6, 6.07) is 14.1. The maximum Gasteiger partial charge on any atom is 0.338 e. The number of aromatic nitrogens is 3. The Balaban J connectivity index is 1.66. The van der Waals surface area contributed by atoms with E-state index < -0.39 is 16.8 Å². The van der Waals surface area contributed by atoms with Gasteiger partial charge >= 0.3 is 5.97 Å². The molecule has 0 aliphatic carbocycles. The minimum atomic E-state index is -1.11. The van der Waals surface area contributed by atoms with Crippen molar-refractivity contribution in [3.63, 3.8) is 0 Å². The molecule has 1 heterocycles. The summed E-state index contributed by atoms with van der Waals surface area (Å²) in [6.07, 6.45) is 1.57. The van der Waals surface area contributed by atoms with Crippen molar-refractivity contribution in [2.24, 2.45) is 0 Å². The lowest BCUT2D eigenvalue weighted by Crippen LogP contribution is -2.11. The molecule has 3 aromatic rings. The first-order valence-electron chi connectivity index (χ1n) is 8.35. The number of aryl methyl sites for hydroxylation is 1. The van der Waals surface area contributed by atoms with Gasteiger partial charge in [0.2, 0.25) is 11.9 Å². The fraction of sp³-hybridized carbons (Fsp3) is 0.158. The third-order valence-corrected chi connectivity index (χ3v) is 4.70. The molecule has 2 aromatic carbocycles. The Kier molecular flexibility index (Phi) is 5.95. The van der Waals surface area contributed by atoms with Crippen LogP contribution in [0.5, 0.6) is 0 Å². The van der Waals surface area contributed by atoms with Crippen molar-refractivity contribution in [2.75, 3.05) is 17.3 Å². The zero-order valence-electron chi connectivity index (χ0n) is 15.4. The first-order chi connectivity index (χ1) is 13.4. The van der Waals surface area contributed by atoms with E-state index in [1.165, 1.54) is 0 Å². The molecule has 1 unspecified atom stereocenters. The molecule has 28 heavy (non-hydrogen) atoms. The highest BCUT2D eigenvalue weighted by molar-refractivity contribution is 7.84. The topological polar surface area (TPSA) is 120 Å². The largest absolute Gasteiger partial charge is 0.454 e. The Hall–Kier alpha value is -3.33. The molecule has 1 atom stereocenters. The summed E-state index contributed by atoms with van der Waals surface area (Å²) in [7, 11) is -1.11. The number of hydrogen-bond donors (Lipinski definition) is 2. The molecule has 0 bridgehead atoms. The Bertz CT molecular complexity index is 1010. The second-order valence-corrected chi connectivity index (χ2v) is 7.36. The van der Waals surface area contributed by atoms with E-state index in [1.54, 1.807) is 30.5 Å². The monoisotopic (exact) mass is 397 g/mol. The summed E-state index contributed by atoms with van der Waals surface area (Å²) >= 11 is 0. The Labute approximate surface area is 164 Å². The van der Waals surface area contributed by atoms with Crippen LogP contribution >= 0.6 is 0 Å². The normalized spacial score (nSPS) is 11.6. The first kappa shape index (κ1) is 19.4. The summed E-state index contributed by atoms with van der Waals surface area (Å²) < 4.78 is 16.6. The van der Waals surface area contributed by atoms with Gasteiger partial charge in [0.1, 0.15) is 0 Å². The molecule has 3 rings (SSSR count). The van der Waals surface area contributed by atoms with Crippen LogP contribution in [-0.2, 0) is 22.1 Å². The highest BCUT2D eigenvalue weighted by Gasteiger charge is 2.11. The van der Waals surface area contributed by atoms with Crippen LogP contribution in [0.4, 0.5) is 17.6 Å². The highest BCUT2D eigenvalue weighted by Crippen LogP contribution is 2.15. The summed E-state index contributed by atoms with van der Waals surface area (Å²) in [4.78, 5) is 25.1. The number of nitrogens with two attached hydrogens (primary N) is 1. The summed E-state index contributed by atoms with van der Waals surface area (Å²) in [5, 5.41) is 3.04. The maximum absolute atomic E-state index is 12.2. The second-order valence-electron chi connectivity index (χ2n) is 5.98. The van der Waals surface area contributed by atoms with E-state index in [0.717, 1.165) is 11.3 Å². The van der Waals surface area contributed by atoms with Crippen molar-refractivity contribution >= 4 is 34.4 Å². The van der Waals surface area contributed by atoms with Gasteiger partial charge in [0, 0.05) is 27.6 Å². The van der Waals surface area contributed by atoms with Crippen LogP contribution in [0.3, 0.4) is 0 Å². The minimum absolute atomic E-state index is 0.0189. The van der Waals surface area contributed by atoms with E-state index in [0.29, 0.717) is 10.5 Å². The molecule has 0 aliphatic heterocycles. The van der Waals surface area contributed by atoms with Crippen LogP contribution in [0.2, 0.25) is 0 Å². The predicted octanol–water partition coefficient (Wildman–Crippen LogP) is 2.60. The molecule has 0 radical (unpaired) electrons. The molecule has 0 amide bonds. The van der Waals surface area contributed by atoms with E-state index in [1.807, 2.05) is 31.2 Å². The number of hydrogen-bond acceptors (Lipinski definition) is 8. The van der Waals surface area contributed by atoms with Gasteiger partial charge in [-0.15, -0.1) is 0 Å². The third-order valence-electron chi connectivity index (χ3n) is 3.76. The molecule has 144 valence electrons. The van der Waals surface area contributed by atoms with Gasteiger partial charge in [0.25, 0.3) is 0 Å². The standard InChI is InChI=1S/C19H19N5O3S/c1-12-3-7-14(8-4-12)21-19-23-16(22-18(20)24-19)11-27-17(25)13-5-9-15(10-6-13)28(2)26/h3-10H,11H2,1-2H3,(H3,20,21,22,23,24). The predicted molar refractivity (Wildman–Crippen MR) is 107 cm³/mol. The summed E-state index contributed by atoms with van der Waals surface area (Å²) in [5.74, 6) is -0.0372. The van der Waals surface area contributed by atoms with Gasteiger partial charge in [-0.1, -0.05) is 17.7 Å². The fourth-order valence-electron chi connectivity index (χ4n) is 2.32. The molecule has 1 aromatic heterocycles. The van der Waals surface area contributed by atoms with Gasteiger partial charge in [-0.3, -0.25) is 4.21 Å². The van der Waals surface area contributed by atoms with E-state index in [-0.39, 0.29) is 24.3 Å². The minimum Gasteiger partial charge on any atom is -0.454 e. The molecule has 0 saturated carbocycles. The molecule has 9 heteroatoms. The van der Waals surface area contributed by atoms with Crippen molar-refractivity contribution in [2.45, 2.75) is 18.4 Å². The SMILES string of the molecule is Cc1ccc(Nc2nc(N)nc(COC(=O)c3ccc(S(C)=O)cc3)n2)cc1. The molecular formula is C19H19N5O3S. The molecule has 8 nitrogen and oxygen atoms in total. The van der Waals surface area contributed by atoms with Gasteiger partial charge in [-0.2, -0.15) is 15.0 Å². The summed E-state index contributed by atoms with van der Waals surface area (Å²) in [6.45, 7) is 1.84. The van der Waals surface area contributed by atoms with Gasteiger partial charge in [-0.05, 0) is 43.3 Å². The average molecular weight is 397 g/mol. The summed E-state index contributed by atoms with van der Waals surface area (Å²) in [5.41, 5.74) is 8.00. The number of esters is 1. The zero-order chi connectivity index (χ0) is 20.1. The average Bonchev–Trinajstić information content (AvgIpc) is 2.67. The number of anilines is 3. The van der Waals surface area contributed by atoms with Crippen LogP contribution in [0.25, 0.3) is 0 Å². The van der Waals surface area contributed by atoms with Crippen molar-refractivity contribution in [1.82, 2.24) is 15.0 Å². The fourth-order valence-corrected chi connectivity index (χ4v) is 2.84. The third kappa shape index (κ3) is 5.10. The lowest BCUT2D eigenvalue weighted by atomic mass is 10.2.